The van der Waals surface area contributed by atoms with Crippen molar-refractivity contribution in [2.75, 3.05) is 19.6 Å². The predicted molar refractivity (Wildman–Crippen MR) is 148 cm³/mol. The molecule has 1 amide bonds. The molecule has 1 atom stereocenters. The predicted octanol–water partition coefficient (Wildman–Crippen LogP) is 7.31. The number of ether oxygens (including phenoxy) is 2. The molecule has 0 aliphatic heterocycles. The number of carbonyl (C=O) groups is 2. The molecule has 2 N–H and O–H groups in total. The minimum Gasteiger partial charge on any atom is -0.462 e. The normalized spacial score (nSPS) is 11.7. The molecule has 1 rings (SSSR count). The van der Waals surface area contributed by atoms with Gasteiger partial charge in [0, 0.05) is 13.0 Å². The maximum absolute atomic E-state index is 12.1. The van der Waals surface area contributed by atoms with Crippen LogP contribution in [0.15, 0.2) is 30.3 Å². The molecule has 6 heteroatoms. The number of carbonyl (C=O) groups excluding carboxylic acids is 2. The Labute approximate surface area is 220 Å². The molecule has 1 unspecified atom stereocenters. The fourth-order valence-electron chi connectivity index (χ4n) is 4.10. The summed E-state index contributed by atoms with van der Waals surface area (Å²) in [4.78, 5) is 23.8. The molecular formula is C30H52N2O4. The van der Waals surface area contributed by atoms with Crippen molar-refractivity contribution < 1.29 is 19.1 Å². The van der Waals surface area contributed by atoms with Gasteiger partial charge in [0.2, 0.25) is 0 Å². The van der Waals surface area contributed by atoms with Crippen LogP contribution < -0.4 is 10.6 Å². The highest BCUT2D eigenvalue weighted by Gasteiger charge is 2.12. The Morgan fingerprint density at radius 3 is 2.19 bits per heavy atom. The number of rotatable bonds is 23. The van der Waals surface area contributed by atoms with Crippen molar-refractivity contribution >= 4 is 12.1 Å². The quantitative estimate of drug-likeness (QED) is 0.121. The molecule has 0 spiro atoms. The van der Waals surface area contributed by atoms with E-state index in [0.717, 1.165) is 63.6 Å². The zero-order chi connectivity index (χ0) is 26.1. The third-order valence-corrected chi connectivity index (χ3v) is 6.38. The number of amides is 1. The first kappa shape index (κ1) is 31.9. The molecule has 0 aromatic heterocycles. The molecule has 0 aliphatic rings. The van der Waals surface area contributed by atoms with Gasteiger partial charge < -0.3 is 20.1 Å². The van der Waals surface area contributed by atoms with Crippen LogP contribution in [-0.4, -0.2) is 37.8 Å². The molecule has 36 heavy (non-hydrogen) atoms. The molecular weight excluding hydrogens is 452 g/mol. The lowest BCUT2D eigenvalue weighted by Crippen LogP contribution is -2.28. The van der Waals surface area contributed by atoms with E-state index in [-0.39, 0.29) is 18.2 Å². The highest BCUT2D eigenvalue weighted by Crippen LogP contribution is 2.14. The molecule has 1 aromatic rings. The topological polar surface area (TPSA) is 76.7 Å². The Balaban J connectivity index is 1.85. The van der Waals surface area contributed by atoms with Crippen LogP contribution >= 0.6 is 0 Å². The van der Waals surface area contributed by atoms with Gasteiger partial charge in [0.15, 0.2) is 0 Å². The van der Waals surface area contributed by atoms with Gasteiger partial charge in [-0.05, 0) is 57.2 Å². The summed E-state index contributed by atoms with van der Waals surface area (Å²) >= 11 is 0. The van der Waals surface area contributed by atoms with Crippen molar-refractivity contribution in [2.45, 2.75) is 123 Å². The number of alkyl carbamates (subject to hydrolysis) is 1. The molecule has 0 radical (unpaired) electrons. The van der Waals surface area contributed by atoms with Gasteiger partial charge in [-0.1, -0.05) is 95.5 Å². The first-order valence-electron chi connectivity index (χ1n) is 14.5. The van der Waals surface area contributed by atoms with Crippen molar-refractivity contribution in [1.29, 1.82) is 0 Å². The van der Waals surface area contributed by atoms with Crippen LogP contribution in [0.3, 0.4) is 0 Å². The standard InChI is InChI=1S/C30H52N2O4/c1-3-5-6-7-9-15-21-28(4-2)36-29(33)22-16-10-8-11-17-23-31-24-18-25-32-30(34)35-26-27-19-13-12-14-20-27/h12-14,19-20,28,31H,3-11,15-18,21-26H2,1-2H3,(H,32,34). The summed E-state index contributed by atoms with van der Waals surface area (Å²) < 4.78 is 10.9. The molecule has 0 saturated heterocycles. The largest absolute Gasteiger partial charge is 0.462 e. The first-order valence-corrected chi connectivity index (χ1v) is 14.5. The fraction of sp³-hybridized carbons (Fsp3) is 0.733. The van der Waals surface area contributed by atoms with Gasteiger partial charge in [-0.25, -0.2) is 4.79 Å². The fourth-order valence-corrected chi connectivity index (χ4v) is 4.10. The first-order chi connectivity index (χ1) is 17.7. The van der Waals surface area contributed by atoms with Gasteiger partial charge in [0.1, 0.15) is 12.7 Å². The van der Waals surface area contributed by atoms with Gasteiger partial charge in [-0.15, -0.1) is 0 Å². The van der Waals surface area contributed by atoms with Crippen molar-refractivity contribution in [3.63, 3.8) is 0 Å². The zero-order valence-electron chi connectivity index (χ0n) is 23.0. The maximum atomic E-state index is 12.1. The van der Waals surface area contributed by atoms with Crippen molar-refractivity contribution in [1.82, 2.24) is 10.6 Å². The second-order valence-corrected chi connectivity index (χ2v) is 9.69. The lowest BCUT2D eigenvalue weighted by Gasteiger charge is -2.16. The highest BCUT2D eigenvalue weighted by molar-refractivity contribution is 5.69. The minimum absolute atomic E-state index is 0.0212. The molecule has 206 valence electrons. The van der Waals surface area contributed by atoms with Crippen LogP contribution in [0.1, 0.15) is 116 Å². The van der Waals surface area contributed by atoms with Crippen molar-refractivity contribution in [2.24, 2.45) is 0 Å². The van der Waals surface area contributed by atoms with Gasteiger partial charge in [0.25, 0.3) is 0 Å². The second-order valence-electron chi connectivity index (χ2n) is 9.69. The number of hydrogen-bond donors (Lipinski definition) is 2. The van der Waals surface area contributed by atoms with E-state index in [9.17, 15) is 9.59 Å². The van der Waals surface area contributed by atoms with Crippen LogP contribution in [0.2, 0.25) is 0 Å². The summed E-state index contributed by atoms with van der Waals surface area (Å²) in [6.07, 6.45) is 16.2. The van der Waals surface area contributed by atoms with Gasteiger partial charge in [-0.3, -0.25) is 4.79 Å². The summed E-state index contributed by atoms with van der Waals surface area (Å²) in [5, 5.41) is 6.20. The summed E-state index contributed by atoms with van der Waals surface area (Å²) in [7, 11) is 0. The molecule has 0 heterocycles. The summed E-state index contributed by atoms with van der Waals surface area (Å²) in [6, 6.07) is 9.67. The molecule has 0 aliphatic carbocycles. The lowest BCUT2D eigenvalue weighted by molar-refractivity contribution is -0.149. The van der Waals surface area contributed by atoms with E-state index in [0.29, 0.717) is 19.6 Å². The Kier molecular flexibility index (Phi) is 20.7. The number of nitrogens with one attached hydrogen (secondary N) is 2. The van der Waals surface area contributed by atoms with E-state index < -0.39 is 0 Å². The van der Waals surface area contributed by atoms with Crippen molar-refractivity contribution in [3.8, 4) is 0 Å². The number of hydrogen-bond acceptors (Lipinski definition) is 5. The van der Waals surface area contributed by atoms with Gasteiger partial charge >= 0.3 is 12.1 Å². The van der Waals surface area contributed by atoms with E-state index in [1.165, 1.54) is 44.9 Å². The van der Waals surface area contributed by atoms with E-state index in [4.69, 9.17) is 9.47 Å². The van der Waals surface area contributed by atoms with Crippen LogP contribution in [0, 0.1) is 0 Å². The highest BCUT2D eigenvalue weighted by atomic mass is 16.5. The number of esters is 1. The Morgan fingerprint density at radius 2 is 1.44 bits per heavy atom. The van der Waals surface area contributed by atoms with E-state index in [2.05, 4.69) is 24.5 Å². The summed E-state index contributed by atoms with van der Waals surface area (Å²) in [5.74, 6) is -0.0212. The van der Waals surface area contributed by atoms with E-state index in [1.807, 2.05) is 30.3 Å². The molecule has 6 nitrogen and oxygen atoms in total. The van der Waals surface area contributed by atoms with Crippen LogP contribution in [0.5, 0.6) is 0 Å². The smallest absolute Gasteiger partial charge is 0.407 e. The Hall–Kier alpha value is -2.08. The van der Waals surface area contributed by atoms with E-state index >= 15 is 0 Å². The third kappa shape index (κ3) is 19.1. The molecule has 0 bridgehead atoms. The van der Waals surface area contributed by atoms with Crippen LogP contribution in [-0.2, 0) is 20.9 Å². The molecule has 0 saturated carbocycles. The average Bonchev–Trinajstić information content (AvgIpc) is 2.89. The Morgan fingerprint density at radius 1 is 0.778 bits per heavy atom. The van der Waals surface area contributed by atoms with Crippen molar-refractivity contribution in [3.05, 3.63) is 35.9 Å². The van der Waals surface area contributed by atoms with Crippen LogP contribution in [0.4, 0.5) is 4.79 Å². The van der Waals surface area contributed by atoms with Gasteiger partial charge in [0.05, 0.1) is 0 Å². The maximum Gasteiger partial charge on any atom is 0.407 e. The summed E-state index contributed by atoms with van der Waals surface area (Å²) in [6.45, 7) is 7.11. The SMILES string of the molecule is CCCCCCCCC(CC)OC(=O)CCCCCCCNCCCNC(=O)OCc1ccccc1. The lowest BCUT2D eigenvalue weighted by atomic mass is 10.1. The number of unbranched alkanes of at least 4 members (excludes halogenated alkanes) is 9. The number of benzene rings is 1. The van der Waals surface area contributed by atoms with Crippen LogP contribution in [0.25, 0.3) is 0 Å². The van der Waals surface area contributed by atoms with E-state index in [1.54, 1.807) is 0 Å². The minimum atomic E-state index is -0.370. The molecule has 1 aromatic carbocycles. The monoisotopic (exact) mass is 504 g/mol. The average molecular weight is 505 g/mol. The zero-order valence-corrected chi connectivity index (χ0v) is 23.0. The van der Waals surface area contributed by atoms with Gasteiger partial charge in [-0.2, -0.15) is 0 Å². The Bertz CT molecular complexity index is 654. The summed E-state index contributed by atoms with van der Waals surface area (Å²) in [5.41, 5.74) is 0.984. The molecule has 0 fully saturated rings. The second kappa shape index (κ2) is 23.3. The third-order valence-electron chi connectivity index (χ3n) is 6.38.